The minimum Gasteiger partial charge on any atom is -0.461 e. The molecule has 5 nitrogen and oxygen atoms in total. The molecule has 1 aliphatic rings. The molecule has 0 aromatic heterocycles. The number of methoxy groups -OCH3 is 1. The van der Waals surface area contributed by atoms with Crippen molar-refractivity contribution >= 4 is 11.7 Å². The molecule has 5 heteroatoms. The Hall–Kier alpha value is -1.67. The van der Waals surface area contributed by atoms with Crippen LogP contribution in [0.15, 0.2) is 16.6 Å². The van der Waals surface area contributed by atoms with Crippen LogP contribution < -0.4 is 0 Å². The number of ether oxygens (including phenoxy) is 2. The molecule has 2 atom stereocenters. The summed E-state index contributed by atoms with van der Waals surface area (Å²) in [5, 5.41) is 9.32. The highest BCUT2D eigenvalue weighted by molar-refractivity contribution is 5.97. The van der Waals surface area contributed by atoms with E-state index in [9.17, 15) is 10.1 Å². The van der Waals surface area contributed by atoms with E-state index in [1.807, 2.05) is 19.9 Å². The molecule has 0 radical (unpaired) electrons. The highest BCUT2D eigenvalue weighted by atomic mass is 16.5. The molecule has 0 bridgehead atoms. The molecule has 2 unspecified atom stereocenters. The first-order chi connectivity index (χ1) is 10.6. The minimum absolute atomic E-state index is 0.158. The van der Waals surface area contributed by atoms with E-state index in [0.717, 1.165) is 43.4 Å². The summed E-state index contributed by atoms with van der Waals surface area (Å²) < 4.78 is 10.3. The van der Waals surface area contributed by atoms with Crippen molar-refractivity contribution in [2.45, 2.75) is 52.1 Å². The molecule has 0 aromatic rings. The lowest BCUT2D eigenvalue weighted by Crippen LogP contribution is -2.24. The number of nitriles is 1. The molecule has 0 saturated heterocycles. The van der Waals surface area contributed by atoms with E-state index >= 15 is 0 Å². The topological polar surface area (TPSA) is 71.7 Å². The fraction of sp³-hybridized carbons (Fsp3) is 0.706. The molecule has 1 rings (SSSR count). The quantitative estimate of drug-likeness (QED) is 0.510. The maximum atomic E-state index is 12.1. The van der Waals surface area contributed by atoms with Gasteiger partial charge in [0.1, 0.15) is 0 Å². The van der Waals surface area contributed by atoms with Crippen LogP contribution in [0.25, 0.3) is 0 Å². The normalized spacial score (nSPS) is 19.2. The van der Waals surface area contributed by atoms with Crippen molar-refractivity contribution in [2.24, 2.45) is 10.9 Å². The van der Waals surface area contributed by atoms with Gasteiger partial charge in [-0.1, -0.05) is 6.92 Å². The van der Waals surface area contributed by atoms with Crippen LogP contribution >= 0.6 is 0 Å². The molecule has 1 aliphatic carbocycles. The van der Waals surface area contributed by atoms with Crippen LogP contribution in [0.2, 0.25) is 0 Å². The smallest absolute Gasteiger partial charge is 0.327 e. The Balaban J connectivity index is 2.72. The number of hydrogen-bond acceptors (Lipinski definition) is 5. The summed E-state index contributed by atoms with van der Waals surface area (Å²) in [5.41, 5.74) is 1.79. The average Bonchev–Trinajstić information content (AvgIpc) is 2.52. The third kappa shape index (κ3) is 5.98. The maximum absolute atomic E-state index is 12.1. The van der Waals surface area contributed by atoms with Crippen LogP contribution in [0.3, 0.4) is 0 Å². The third-order valence-electron chi connectivity index (χ3n) is 3.70. The summed E-state index contributed by atoms with van der Waals surface area (Å²) in [6.07, 6.45) is 5.94. The van der Waals surface area contributed by atoms with Gasteiger partial charge in [0.15, 0.2) is 5.92 Å². The lowest BCUT2D eigenvalue weighted by molar-refractivity contribution is -0.150. The van der Waals surface area contributed by atoms with Crippen molar-refractivity contribution in [3.63, 3.8) is 0 Å². The molecular weight excluding hydrogens is 280 g/mol. The van der Waals surface area contributed by atoms with E-state index in [1.165, 1.54) is 0 Å². The van der Waals surface area contributed by atoms with Crippen molar-refractivity contribution in [2.75, 3.05) is 20.3 Å². The van der Waals surface area contributed by atoms with E-state index in [1.54, 1.807) is 7.11 Å². The van der Waals surface area contributed by atoms with Crippen molar-refractivity contribution in [3.8, 4) is 6.07 Å². The summed E-state index contributed by atoms with van der Waals surface area (Å²) in [5.74, 6) is -1.25. The first-order valence-electron chi connectivity index (χ1n) is 7.95. The number of carbonyl (C=O) groups excluding carboxylic acids is 1. The second-order valence-electron chi connectivity index (χ2n) is 5.51. The number of allylic oxidation sites excluding steroid dienone is 1. The lowest BCUT2D eigenvalue weighted by atomic mass is 9.89. The summed E-state index contributed by atoms with van der Waals surface area (Å²) in [4.78, 5) is 16.6. The van der Waals surface area contributed by atoms with Gasteiger partial charge >= 0.3 is 5.97 Å². The summed E-state index contributed by atoms with van der Waals surface area (Å²) in [6, 6.07) is 2.08. The predicted molar refractivity (Wildman–Crippen MR) is 85.7 cm³/mol. The Bertz CT molecular complexity index is 463. The van der Waals surface area contributed by atoms with Crippen LogP contribution in [-0.2, 0) is 14.3 Å². The Morgan fingerprint density at radius 1 is 1.50 bits per heavy atom. The van der Waals surface area contributed by atoms with Crippen LogP contribution in [0.5, 0.6) is 0 Å². The molecule has 0 aliphatic heterocycles. The van der Waals surface area contributed by atoms with Gasteiger partial charge in [-0.05, 0) is 50.7 Å². The van der Waals surface area contributed by atoms with E-state index in [4.69, 9.17) is 9.47 Å². The van der Waals surface area contributed by atoms with Crippen molar-refractivity contribution in [1.29, 1.82) is 5.26 Å². The summed E-state index contributed by atoms with van der Waals surface area (Å²) in [6.45, 7) is 5.19. The molecule has 122 valence electrons. The predicted octanol–water partition coefficient (Wildman–Crippen LogP) is 3.06. The molecule has 0 heterocycles. The number of aliphatic imine (C=N–C) groups is 1. The standard InChI is InChI=1S/C17H26N2O3/c1-4-13(2)22-17(20)16(12-18)14-7-5-8-15(11-14)19-9-6-10-21-3/h11,13,16H,4-10H2,1-3H3. The first-order valence-corrected chi connectivity index (χ1v) is 7.95. The van der Waals surface area contributed by atoms with Gasteiger partial charge in [-0.15, -0.1) is 0 Å². The summed E-state index contributed by atoms with van der Waals surface area (Å²) >= 11 is 0. The average molecular weight is 306 g/mol. The number of hydrogen-bond donors (Lipinski definition) is 0. The molecule has 0 amide bonds. The van der Waals surface area contributed by atoms with Crippen LogP contribution in [-0.4, -0.2) is 38.0 Å². The zero-order valence-corrected chi connectivity index (χ0v) is 13.8. The minimum atomic E-state index is -0.807. The van der Waals surface area contributed by atoms with E-state index in [0.29, 0.717) is 13.2 Å². The summed E-state index contributed by atoms with van der Waals surface area (Å²) in [7, 11) is 1.67. The van der Waals surface area contributed by atoms with Crippen molar-refractivity contribution < 1.29 is 14.3 Å². The number of nitrogens with zero attached hydrogens (tertiary/aromatic N) is 2. The Labute approximate surface area is 133 Å². The van der Waals surface area contributed by atoms with E-state index in [2.05, 4.69) is 11.1 Å². The Morgan fingerprint density at radius 2 is 2.27 bits per heavy atom. The first kappa shape index (κ1) is 18.4. The van der Waals surface area contributed by atoms with Crippen molar-refractivity contribution in [3.05, 3.63) is 11.6 Å². The molecule has 0 saturated carbocycles. The van der Waals surface area contributed by atoms with Gasteiger partial charge in [0, 0.05) is 26.0 Å². The van der Waals surface area contributed by atoms with Gasteiger partial charge < -0.3 is 9.47 Å². The second kappa shape index (κ2) is 10.1. The molecular formula is C17H26N2O3. The largest absolute Gasteiger partial charge is 0.461 e. The number of carbonyl (C=O) groups is 1. The molecule has 0 N–H and O–H groups in total. The van der Waals surface area contributed by atoms with Gasteiger partial charge in [-0.3, -0.25) is 9.79 Å². The highest BCUT2D eigenvalue weighted by Crippen LogP contribution is 2.24. The second-order valence-corrected chi connectivity index (χ2v) is 5.51. The fourth-order valence-corrected chi connectivity index (χ4v) is 2.25. The zero-order chi connectivity index (χ0) is 16.4. The van der Waals surface area contributed by atoms with Gasteiger partial charge in [-0.2, -0.15) is 5.26 Å². The van der Waals surface area contributed by atoms with Gasteiger partial charge in [0.2, 0.25) is 0 Å². The molecule has 0 aromatic carbocycles. The fourth-order valence-electron chi connectivity index (χ4n) is 2.25. The van der Waals surface area contributed by atoms with Gasteiger partial charge in [0.25, 0.3) is 0 Å². The number of rotatable bonds is 8. The van der Waals surface area contributed by atoms with Gasteiger partial charge in [-0.25, -0.2) is 0 Å². The Morgan fingerprint density at radius 3 is 2.91 bits per heavy atom. The monoisotopic (exact) mass is 306 g/mol. The highest BCUT2D eigenvalue weighted by Gasteiger charge is 2.27. The molecule has 0 fully saturated rings. The number of esters is 1. The van der Waals surface area contributed by atoms with Gasteiger partial charge in [0.05, 0.1) is 12.2 Å². The van der Waals surface area contributed by atoms with E-state index < -0.39 is 11.9 Å². The van der Waals surface area contributed by atoms with Crippen molar-refractivity contribution in [1.82, 2.24) is 0 Å². The molecule has 0 spiro atoms. The SMILES string of the molecule is CCC(C)OC(=O)C(C#N)C1=CC(=NCCCOC)CCC1. The van der Waals surface area contributed by atoms with Crippen LogP contribution in [0, 0.1) is 17.2 Å². The lowest BCUT2D eigenvalue weighted by Gasteiger charge is -2.19. The van der Waals surface area contributed by atoms with Crippen LogP contribution in [0.4, 0.5) is 0 Å². The molecule has 22 heavy (non-hydrogen) atoms. The zero-order valence-electron chi connectivity index (χ0n) is 13.8. The Kier molecular flexibility index (Phi) is 8.46. The van der Waals surface area contributed by atoms with Crippen LogP contribution in [0.1, 0.15) is 46.0 Å². The third-order valence-corrected chi connectivity index (χ3v) is 3.70. The van der Waals surface area contributed by atoms with E-state index in [-0.39, 0.29) is 6.10 Å². The maximum Gasteiger partial charge on any atom is 0.327 e.